The summed E-state index contributed by atoms with van der Waals surface area (Å²) in [6, 6.07) is 18.6. The molecule has 1 heterocycles. The van der Waals surface area contributed by atoms with Crippen LogP contribution in [0, 0.1) is 0 Å². The van der Waals surface area contributed by atoms with Crippen molar-refractivity contribution in [1.29, 1.82) is 0 Å². The zero-order chi connectivity index (χ0) is 25.3. The summed E-state index contributed by atoms with van der Waals surface area (Å²) in [6.07, 6.45) is 0.741. The van der Waals surface area contributed by atoms with Crippen LogP contribution in [0.5, 0.6) is 0 Å². The number of rotatable bonds is 10. The minimum absolute atomic E-state index is 0.112. The molecule has 3 aromatic rings. The van der Waals surface area contributed by atoms with Gasteiger partial charge in [0.25, 0.3) is 0 Å². The predicted octanol–water partition coefficient (Wildman–Crippen LogP) is 4.46. The average molecular weight is 479 g/mol. The molecule has 0 fully saturated rings. The number of benzene rings is 2. The van der Waals surface area contributed by atoms with Gasteiger partial charge in [-0.05, 0) is 45.2 Å². The highest BCUT2D eigenvalue weighted by atomic mass is 16.6. The van der Waals surface area contributed by atoms with E-state index in [-0.39, 0.29) is 6.61 Å². The van der Waals surface area contributed by atoms with Crippen LogP contribution in [0.25, 0.3) is 0 Å². The molecule has 8 nitrogen and oxygen atoms in total. The maximum absolute atomic E-state index is 12.9. The monoisotopic (exact) mass is 478 g/mol. The number of hydrogen-bond donors (Lipinski definition) is 1. The fourth-order valence-corrected chi connectivity index (χ4v) is 3.63. The number of aryl methyl sites for hydroxylation is 1. The molecule has 1 aromatic heterocycles. The topological polar surface area (TPSA) is 95.3 Å². The number of nitrogens with one attached hydrogen (secondary N) is 1. The van der Waals surface area contributed by atoms with Crippen molar-refractivity contribution in [3.63, 3.8) is 0 Å². The molecule has 0 aliphatic carbocycles. The summed E-state index contributed by atoms with van der Waals surface area (Å²) in [7, 11) is 0. The SMILES string of the molecule is CCn1c(CC[C@H](NC(=O)OCc2ccccc2)C(=O)OC(C)(C)C)nnc1Cc1ccccc1. The number of esters is 1. The molecule has 0 aliphatic rings. The number of amides is 1. The first kappa shape index (κ1) is 25.9. The van der Waals surface area contributed by atoms with Gasteiger partial charge in [-0.2, -0.15) is 0 Å². The average Bonchev–Trinajstić information content (AvgIpc) is 3.21. The molecule has 0 unspecified atom stereocenters. The Balaban J connectivity index is 1.66. The highest BCUT2D eigenvalue weighted by Crippen LogP contribution is 2.14. The smallest absolute Gasteiger partial charge is 0.408 e. The highest BCUT2D eigenvalue weighted by molar-refractivity contribution is 5.81. The molecule has 35 heavy (non-hydrogen) atoms. The molecule has 8 heteroatoms. The molecule has 3 rings (SSSR count). The van der Waals surface area contributed by atoms with Gasteiger partial charge in [-0.25, -0.2) is 9.59 Å². The van der Waals surface area contributed by atoms with E-state index in [9.17, 15) is 9.59 Å². The van der Waals surface area contributed by atoms with Crippen LogP contribution in [-0.2, 0) is 40.3 Å². The number of carbonyl (C=O) groups excluding carboxylic acids is 2. The van der Waals surface area contributed by atoms with E-state index in [0.29, 0.717) is 25.8 Å². The Kier molecular flexibility index (Phi) is 9.00. The molecule has 2 aromatic carbocycles. The van der Waals surface area contributed by atoms with Crippen LogP contribution in [0.4, 0.5) is 4.79 Å². The van der Waals surface area contributed by atoms with Gasteiger partial charge in [-0.1, -0.05) is 60.7 Å². The van der Waals surface area contributed by atoms with Gasteiger partial charge >= 0.3 is 12.1 Å². The number of alkyl carbamates (subject to hydrolysis) is 1. The van der Waals surface area contributed by atoms with E-state index in [4.69, 9.17) is 9.47 Å². The van der Waals surface area contributed by atoms with Crippen molar-refractivity contribution in [2.24, 2.45) is 0 Å². The first-order valence-corrected chi connectivity index (χ1v) is 11.9. The molecular formula is C27H34N4O4. The van der Waals surface area contributed by atoms with Crippen LogP contribution in [0.2, 0.25) is 0 Å². The lowest BCUT2D eigenvalue weighted by Crippen LogP contribution is -2.44. The fraction of sp³-hybridized carbons (Fsp3) is 0.407. The Morgan fingerprint density at radius 3 is 2.14 bits per heavy atom. The molecule has 1 amide bonds. The van der Waals surface area contributed by atoms with Gasteiger partial charge in [-0.15, -0.1) is 10.2 Å². The van der Waals surface area contributed by atoms with Gasteiger partial charge in [0.15, 0.2) is 0 Å². The zero-order valence-electron chi connectivity index (χ0n) is 20.9. The van der Waals surface area contributed by atoms with E-state index >= 15 is 0 Å². The van der Waals surface area contributed by atoms with Gasteiger partial charge in [0.05, 0.1) is 0 Å². The summed E-state index contributed by atoms with van der Waals surface area (Å²) in [6.45, 7) is 8.22. The molecular weight excluding hydrogens is 444 g/mol. The molecule has 186 valence electrons. The third-order valence-corrected chi connectivity index (χ3v) is 5.28. The summed E-state index contributed by atoms with van der Waals surface area (Å²) < 4.78 is 12.9. The quantitative estimate of drug-likeness (QED) is 0.432. The van der Waals surface area contributed by atoms with Crippen molar-refractivity contribution >= 4 is 12.1 Å². The Labute approximate surface area is 206 Å². The van der Waals surface area contributed by atoms with Crippen molar-refractivity contribution in [3.05, 3.63) is 83.4 Å². The molecule has 0 aliphatic heterocycles. The Hall–Kier alpha value is -3.68. The summed E-state index contributed by atoms with van der Waals surface area (Å²) >= 11 is 0. The lowest BCUT2D eigenvalue weighted by Gasteiger charge is -2.24. The van der Waals surface area contributed by atoms with Crippen LogP contribution in [0.3, 0.4) is 0 Å². The van der Waals surface area contributed by atoms with E-state index in [2.05, 4.69) is 27.6 Å². The molecule has 1 atom stereocenters. The van der Waals surface area contributed by atoms with Crippen LogP contribution in [-0.4, -0.2) is 38.5 Å². The predicted molar refractivity (Wildman–Crippen MR) is 133 cm³/mol. The molecule has 1 N–H and O–H groups in total. The van der Waals surface area contributed by atoms with Crippen molar-refractivity contribution < 1.29 is 19.1 Å². The minimum Gasteiger partial charge on any atom is -0.458 e. The Morgan fingerprint density at radius 2 is 1.54 bits per heavy atom. The standard InChI is InChI=1S/C27H34N4O4/c1-5-31-23(29-30-24(31)18-20-12-8-6-9-13-20)17-16-22(25(32)35-27(2,3)4)28-26(33)34-19-21-14-10-7-11-15-21/h6-15,22H,5,16-19H2,1-4H3,(H,28,33)/t22-/m0/s1. The number of ether oxygens (including phenoxy) is 2. The van der Waals surface area contributed by atoms with Crippen molar-refractivity contribution in [3.8, 4) is 0 Å². The summed E-state index contributed by atoms with van der Waals surface area (Å²) in [5.74, 6) is 1.10. The first-order valence-electron chi connectivity index (χ1n) is 11.9. The van der Waals surface area contributed by atoms with Crippen molar-refractivity contribution in [1.82, 2.24) is 20.1 Å². The third kappa shape index (κ3) is 8.24. The zero-order valence-corrected chi connectivity index (χ0v) is 20.9. The van der Waals surface area contributed by atoms with Crippen LogP contribution < -0.4 is 5.32 Å². The second kappa shape index (κ2) is 12.1. The molecule has 0 bridgehead atoms. The van der Waals surface area contributed by atoms with Gasteiger partial charge < -0.3 is 19.4 Å². The van der Waals surface area contributed by atoms with E-state index in [0.717, 1.165) is 22.8 Å². The van der Waals surface area contributed by atoms with Crippen molar-refractivity contribution in [2.45, 2.75) is 71.8 Å². The number of hydrogen-bond acceptors (Lipinski definition) is 6. The molecule has 0 saturated carbocycles. The summed E-state index contributed by atoms with van der Waals surface area (Å²) in [5, 5.41) is 11.4. The van der Waals surface area contributed by atoms with Crippen molar-refractivity contribution in [2.75, 3.05) is 0 Å². The Morgan fingerprint density at radius 1 is 0.943 bits per heavy atom. The van der Waals surface area contributed by atoms with Gasteiger partial charge in [0.1, 0.15) is 29.9 Å². The largest absolute Gasteiger partial charge is 0.458 e. The molecule has 0 saturated heterocycles. The van der Waals surface area contributed by atoms with E-state index in [1.807, 2.05) is 60.0 Å². The van der Waals surface area contributed by atoms with Crippen LogP contribution >= 0.6 is 0 Å². The highest BCUT2D eigenvalue weighted by Gasteiger charge is 2.28. The lowest BCUT2D eigenvalue weighted by molar-refractivity contribution is -0.157. The number of nitrogens with zero attached hydrogens (tertiary/aromatic N) is 3. The fourth-order valence-electron chi connectivity index (χ4n) is 3.63. The first-order chi connectivity index (χ1) is 16.7. The van der Waals surface area contributed by atoms with E-state index < -0.39 is 23.7 Å². The molecule has 0 radical (unpaired) electrons. The number of carbonyl (C=O) groups is 2. The maximum atomic E-state index is 12.9. The number of aromatic nitrogens is 3. The van der Waals surface area contributed by atoms with Crippen LogP contribution in [0.15, 0.2) is 60.7 Å². The van der Waals surface area contributed by atoms with Gasteiger partial charge in [-0.3, -0.25) is 0 Å². The summed E-state index contributed by atoms with van der Waals surface area (Å²) in [5.41, 5.74) is 1.33. The van der Waals surface area contributed by atoms with E-state index in [1.165, 1.54) is 0 Å². The van der Waals surface area contributed by atoms with Gasteiger partial charge in [0.2, 0.25) is 0 Å². The Bertz CT molecular complexity index is 1090. The van der Waals surface area contributed by atoms with Gasteiger partial charge in [0, 0.05) is 19.4 Å². The minimum atomic E-state index is -0.878. The second-order valence-corrected chi connectivity index (χ2v) is 9.27. The second-order valence-electron chi connectivity index (χ2n) is 9.27. The van der Waals surface area contributed by atoms with E-state index in [1.54, 1.807) is 20.8 Å². The maximum Gasteiger partial charge on any atom is 0.408 e. The third-order valence-electron chi connectivity index (χ3n) is 5.28. The van der Waals surface area contributed by atoms with Crippen LogP contribution in [0.1, 0.15) is 56.9 Å². The normalized spacial score (nSPS) is 12.1. The molecule has 0 spiro atoms. The lowest BCUT2D eigenvalue weighted by atomic mass is 10.1. The summed E-state index contributed by atoms with van der Waals surface area (Å²) in [4.78, 5) is 25.3.